The number of fused-ring (bicyclic) bond motifs is 3. The number of nitrogens with zero attached hydrogens (tertiary/aromatic N) is 3. The number of hydrogen-bond donors (Lipinski definition) is 1. The van der Waals surface area contributed by atoms with Gasteiger partial charge in [-0.2, -0.15) is 9.37 Å². The van der Waals surface area contributed by atoms with E-state index in [4.69, 9.17) is 0 Å². The average molecular weight is 496 g/mol. The van der Waals surface area contributed by atoms with Crippen LogP contribution in [0, 0.1) is 34.6 Å². The van der Waals surface area contributed by atoms with Crippen molar-refractivity contribution in [3.63, 3.8) is 0 Å². The highest BCUT2D eigenvalue weighted by Gasteiger charge is 2.55. The summed E-state index contributed by atoms with van der Waals surface area (Å²) in [5.74, 6) is -0.652. The maximum Gasteiger partial charge on any atom is 0.506 e. The van der Waals surface area contributed by atoms with Crippen molar-refractivity contribution in [3.8, 4) is 0 Å². The molecule has 188 valence electrons. The molecule has 7 nitrogen and oxygen atoms in total. The van der Waals surface area contributed by atoms with E-state index in [-0.39, 0.29) is 18.4 Å². The second-order valence-electron chi connectivity index (χ2n) is 10.1. The van der Waals surface area contributed by atoms with Gasteiger partial charge in [0.15, 0.2) is 18.3 Å². The molecule has 2 aliphatic rings. The third-order valence-electron chi connectivity index (χ3n) is 7.12. The molecule has 2 heterocycles. The summed E-state index contributed by atoms with van der Waals surface area (Å²) in [5.41, 5.74) is 8.41. The van der Waals surface area contributed by atoms with E-state index >= 15 is 0 Å². The Kier molecular flexibility index (Phi) is 5.94. The van der Waals surface area contributed by atoms with E-state index in [1.165, 1.54) is 9.48 Å². The number of rotatable bonds is 4. The van der Waals surface area contributed by atoms with Crippen LogP contribution in [0.3, 0.4) is 0 Å². The van der Waals surface area contributed by atoms with Gasteiger partial charge in [0.1, 0.15) is 5.69 Å². The van der Waals surface area contributed by atoms with Crippen molar-refractivity contribution in [2.24, 2.45) is 0 Å². The lowest BCUT2D eigenvalue weighted by atomic mass is 10.0. The Bertz CT molecular complexity index is 1500. The fourth-order valence-corrected chi connectivity index (χ4v) is 5.51. The van der Waals surface area contributed by atoms with Crippen LogP contribution >= 0.6 is 0 Å². The molecule has 0 bridgehead atoms. The van der Waals surface area contributed by atoms with Crippen molar-refractivity contribution >= 4 is 40.6 Å². The number of amides is 4. The Morgan fingerprint density at radius 1 is 0.892 bits per heavy atom. The van der Waals surface area contributed by atoms with Crippen molar-refractivity contribution in [2.45, 2.75) is 40.7 Å². The third kappa shape index (κ3) is 4.10. The summed E-state index contributed by atoms with van der Waals surface area (Å²) < 4.78 is 1.46. The van der Waals surface area contributed by atoms with Crippen molar-refractivity contribution in [2.75, 3.05) is 28.7 Å². The van der Waals surface area contributed by atoms with Gasteiger partial charge >= 0.3 is 11.9 Å². The normalized spacial score (nSPS) is 16.8. The van der Waals surface area contributed by atoms with Crippen LogP contribution in [0.1, 0.15) is 33.4 Å². The number of likely N-dealkylation sites (N-methyl/N-ethyl adjacent to an activating group) is 1. The van der Waals surface area contributed by atoms with E-state index in [0.29, 0.717) is 11.4 Å². The molecule has 1 N–H and O–H groups in total. The summed E-state index contributed by atoms with van der Waals surface area (Å²) in [6.45, 7) is 9.60. The highest BCUT2D eigenvalue weighted by Crippen LogP contribution is 2.36. The monoisotopic (exact) mass is 495 g/mol. The first-order chi connectivity index (χ1) is 17.6. The molecule has 0 aromatic heterocycles. The molecular formula is C30H31N4O3+. The Balaban J connectivity index is 1.62. The molecule has 3 aromatic carbocycles. The van der Waals surface area contributed by atoms with E-state index in [0.717, 1.165) is 44.8 Å². The van der Waals surface area contributed by atoms with E-state index in [1.54, 1.807) is 6.07 Å². The Morgan fingerprint density at radius 2 is 1.57 bits per heavy atom. The SMILES string of the molecule is Cc1cccc(N2C(=O)C3C(=[N+](CC(=O)Nc4c(C)cc(C)cc4C)C2=O)c2cc(C)ccc2N3C)c1. The molecule has 1 atom stereocenters. The Morgan fingerprint density at radius 3 is 2.24 bits per heavy atom. The number of hydrogen-bond acceptors (Lipinski definition) is 4. The molecule has 5 rings (SSSR count). The van der Waals surface area contributed by atoms with Crippen LogP contribution < -0.4 is 15.1 Å². The van der Waals surface area contributed by atoms with Crippen molar-refractivity contribution in [1.82, 2.24) is 0 Å². The molecule has 0 fully saturated rings. The van der Waals surface area contributed by atoms with Crippen LogP contribution in [0.25, 0.3) is 0 Å². The number of benzene rings is 3. The molecule has 1 unspecified atom stereocenters. The molecule has 4 amide bonds. The molecule has 0 aliphatic carbocycles. The first kappa shape index (κ1) is 24.4. The summed E-state index contributed by atoms with van der Waals surface area (Å²) in [5, 5.41) is 3.01. The fourth-order valence-electron chi connectivity index (χ4n) is 5.51. The summed E-state index contributed by atoms with van der Waals surface area (Å²) in [6, 6.07) is 16.0. The van der Waals surface area contributed by atoms with Crippen molar-refractivity contribution in [1.29, 1.82) is 0 Å². The Hall–Kier alpha value is -4.26. The lowest BCUT2D eigenvalue weighted by molar-refractivity contribution is -0.415. The third-order valence-corrected chi connectivity index (χ3v) is 7.12. The highest BCUT2D eigenvalue weighted by molar-refractivity contribution is 6.33. The van der Waals surface area contributed by atoms with Gasteiger partial charge in [-0.25, -0.2) is 4.79 Å². The number of nitrogens with one attached hydrogen (secondary N) is 1. The maximum atomic E-state index is 14.0. The van der Waals surface area contributed by atoms with Gasteiger partial charge in [0, 0.05) is 24.0 Å². The van der Waals surface area contributed by atoms with Crippen molar-refractivity contribution < 1.29 is 19.0 Å². The number of urea groups is 1. The predicted molar refractivity (Wildman–Crippen MR) is 146 cm³/mol. The number of imide groups is 1. The van der Waals surface area contributed by atoms with Gasteiger partial charge in [-0.3, -0.25) is 4.79 Å². The van der Waals surface area contributed by atoms with Crippen molar-refractivity contribution in [3.05, 3.63) is 88.0 Å². The molecule has 0 saturated heterocycles. The van der Waals surface area contributed by atoms with Crippen LogP contribution in [0.2, 0.25) is 0 Å². The number of carbonyl (C=O) groups excluding carboxylic acids is 3. The molecular weight excluding hydrogens is 464 g/mol. The van der Waals surface area contributed by atoms with Gasteiger partial charge in [-0.1, -0.05) is 41.5 Å². The largest absolute Gasteiger partial charge is 0.506 e. The second-order valence-corrected chi connectivity index (χ2v) is 10.1. The van der Waals surface area contributed by atoms with Gasteiger partial charge in [0.05, 0.1) is 0 Å². The molecule has 37 heavy (non-hydrogen) atoms. The molecule has 2 aliphatic heterocycles. The van der Waals surface area contributed by atoms with Gasteiger partial charge in [0.2, 0.25) is 0 Å². The van der Waals surface area contributed by atoms with Gasteiger partial charge < -0.3 is 10.2 Å². The summed E-state index contributed by atoms with van der Waals surface area (Å²) in [6.07, 6.45) is 0. The molecule has 0 radical (unpaired) electrons. The number of carbonyl (C=O) groups is 3. The quantitative estimate of drug-likeness (QED) is 0.535. The van der Waals surface area contributed by atoms with E-state index in [9.17, 15) is 14.4 Å². The highest BCUT2D eigenvalue weighted by atomic mass is 16.2. The summed E-state index contributed by atoms with van der Waals surface area (Å²) >= 11 is 0. The predicted octanol–water partition coefficient (Wildman–Crippen LogP) is 4.65. The first-order valence-corrected chi connectivity index (χ1v) is 12.4. The molecule has 0 saturated carbocycles. The van der Waals surface area contributed by atoms with Gasteiger partial charge in [0.25, 0.3) is 5.91 Å². The van der Waals surface area contributed by atoms with E-state index < -0.39 is 12.1 Å². The minimum atomic E-state index is -0.717. The zero-order chi connectivity index (χ0) is 26.6. The van der Waals surface area contributed by atoms with Crippen LogP contribution in [0.15, 0.2) is 54.6 Å². The smallest absolute Gasteiger partial charge is 0.354 e. The van der Waals surface area contributed by atoms with Gasteiger partial charge in [-0.15, -0.1) is 4.90 Å². The van der Waals surface area contributed by atoms with Crippen LogP contribution in [-0.2, 0) is 9.59 Å². The summed E-state index contributed by atoms with van der Waals surface area (Å²) in [4.78, 5) is 44.3. The number of aryl methyl sites for hydroxylation is 5. The molecule has 7 heteroatoms. The molecule has 3 aromatic rings. The van der Waals surface area contributed by atoms with Gasteiger partial charge in [-0.05, 0) is 75.6 Å². The van der Waals surface area contributed by atoms with Crippen LogP contribution in [0.4, 0.5) is 21.9 Å². The summed E-state index contributed by atoms with van der Waals surface area (Å²) in [7, 11) is 1.85. The van der Waals surface area contributed by atoms with E-state index in [2.05, 4.69) is 5.32 Å². The topological polar surface area (TPSA) is 72.7 Å². The second kappa shape index (κ2) is 9.00. The zero-order valence-corrected chi connectivity index (χ0v) is 22.0. The molecule has 0 spiro atoms. The van der Waals surface area contributed by atoms with Crippen LogP contribution in [0.5, 0.6) is 0 Å². The first-order valence-electron chi connectivity index (χ1n) is 12.4. The standard InChI is InChI=1S/C30H30N4O3/c1-17-8-7-9-22(14-17)34-29(36)28-27(23-15-18(2)10-11-24(23)32(28)6)33(30(34)37)16-25(35)31-26-20(4)12-19(3)13-21(26)5/h7-15,28H,16H2,1-6H3/p+1. The minimum Gasteiger partial charge on any atom is -0.354 e. The zero-order valence-electron chi connectivity index (χ0n) is 22.0. The lowest BCUT2D eigenvalue weighted by Gasteiger charge is -2.28. The lowest BCUT2D eigenvalue weighted by Crippen LogP contribution is -2.61. The van der Waals surface area contributed by atoms with E-state index in [1.807, 2.05) is 95.1 Å². The number of anilines is 3. The minimum absolute atomic E-state index is 0.214. The maximum absolute atomic E-state index is 14.0. The van der Waals surface area contributed by atoms with Crippen LogP contribution in [-0.4, -0.2) is 47.8 Å². The average Bonchev–Trinajstić information content (AvgIpc) is 3.11. The Labute approximate surface area is 217 Å². The fraction of sp³-hybridized carbons (Fsp3) is 0.267.